The molecule has 1 rings (SSSR count). The third kappa shape index (κ3) is 5.01. The number of thiol groups is 1. The first-order valence-corrected chi connectivity index (χ1v) is 7.66. The van der Waals surface area contributed by atoms with E-state index in [1.807, 2.05) is 0 Å². The van der Waals surface area contributed by atoms with Crippen molar-refractivity contribution in [1.29, 1.82) is 0 Å². The van der Waals surface area contributed by atoms with Gasteiger partial charge in [-0.15, -0.1) is 0 Å². The Morgan fingerprint density at radius 2 is 2.20 bits per heavy atom. The highest BCUT2D eigenvalue weighted by Crippen LogP contribution is 2.30. The monoisotopic (exact) mass is 247 g/mol. The molecule has 90 valence electrons. The highest BCUT2D eigenvalue weighted by molar-refractivity contribution is 8.00. The van der Waals surface area contributed by atoms with Crippen LogP contribution in [0.1, 0.15) is 33.6 Å². The van der Waals surface area contributed by atoms with E-state index >= 15 is 0 Å². The number of hydrogen-bond donors (Lipinski definition) is 1. The molecule has 1 unspecified atom stereocenters. The van der Waals surface area contributed by atoms with Crippen LogP contribution in [0.3, 0.4) is 0 Å². The van der Waals surface area contributed by atoms with Crippen molar-refractivity contribution in [3.63, 3.8) is 0 Å². The SMILES string of the molecule is CCCC(CS)CN1CCSC(C)(C)C1. The van der Waals surface area contributed by atoms with E-state index in [4.69, 9.17) is 0 Å². The molecule has 1 nitrogen and oxygen atoms in total. The average molecular weight is 247 g/mol. The number of thioether (sulfide) groups is 1. The Labute approximate surface area is 105 Å². The molecule has 0 saturated carbocycles. The maximum atomic E-state index is 4.46. The van der Waals surface area contributed by atoms with Gasteiger partial charge in [-0.3, -0.25) is 0 Å². The largest absolute Gasteiger partial charge is 0.301 e. The van der Waals surface area contributed by atoms with Gasteiger partial charge in [0.1, 0.15) is 0 Å². The highest BCUT2D eigenvalue weighted by atomic mass is 32.2. The maximum absolute atomic E-state index is 4.46. The van der Waals surface area contributed by atoms with Gasteiger partial charge in [-0.25, -0.2) is 0 Å². The summed E-state index contributed by atoms with van der Waals surface area (Å²) >= 11 is 6.57. The molecule has 1 fully saturated rings. The second-order valence-corrected chi connectivity index (χ2v) is 7.35. The zero-order valence-corrected chi connectivity index (χ0v) is 12.0. The molecule has 0 aromatic rings. The average Bonchev–Trinajstić information content (AvgIpc) is 2.15. The molecular weight excluding hydrogens is 222 g/mol. The van der Waals surface area contributed by atoms with E-state index < -0.39 is 0 Å². The topological polar surface area (TPSA) is 3.24 Å². The van der Waals surface area contributed by atoms with Gasteiger partial charge in [-0.1, -0.05) is 13.3 Å². The van der Waals surface area contributed by atoms with Crippen molar-refractivity contribution >= 4 is 24.4 Å². The molecule has 1 aliphatic rings. The molecule has 1 atom stereocenters. The molecule has 0 bridgehead atoms. The van der Waals surface area contributed by atoms with Gasteiger partial charge in [-0.05, 0) is 31.9 Å². The molecule has 1 saturated heterocycles. The van der Waals surface area contributed by atoms with Crippen LogP contribution >= 0.6 is 24.4 Å². The standard InChI is InChI=1S/C12H25NS2/c1-4-5-11(9-14)8-13-6-7-15-12(2,3)10-13/h11,14H,4-10H2,1-3H3. The second kappa shape index (κ2) is 6.41. The van der Waals surface area contributed by atoms with Gasteiger partial charge in [0.25, 0.3) is 0 Å². The number of nitrogens with zero attached hydrogens (tertiary/aromatic N) is 1. The van der Waals surface area contributed by atoms with Crippen molar-refractivity contribution in [1.82, 2.24) is 4.90 Å². The predicted octanol–water partition coefficient (Wildman–Crippen LogP) is 3.16. The predicted molar refractivity (Wildman–Crippen MR) is 75.2 cm³/mol. The van der Waals surface area contributed by atoms with Crippen molar-refractivity contribution in [2.45, 2.75) is 38.4 Å². The highest BCUT2D eigenvalue weighted by Gasteiger charge is 2.27. The van der Waals surface area contributed by atoms with Gasteiger partial charge in [0.2, 0.25) is 0 Å². The Morgan fingerprint density at radius 1 is 1.47 bits per heavy atom. The Balaban J connectivity index is 2.36. The molecule has 0 amide bonds. The van der Waals surface area contributed by atoms with Crippen molar-refractivity contribution in [2.24, 2.45) is 5.92 Å². The summed E-state index contributed by atoms with van der Waals surface area (Å²) in [4.78, 5) is 2.63. The first kappa shape index (κ1) is 13.7. The van der Waals surface area contributed by atoms with Crippen LogP contribution in [0.25, 0.3) is 0 Å². The molecule has 0 aliphatic carbocycles. The lowest BCUT2D eigenvalue weighted by atomic mass is 10.0. The Hall–Kier alpha value is 0.660. The second-order valence-electron chi connectivity index (χ2n) is 5.18. The molecule has 0 aromatic carbocycles. The first-order chi connectivity index (χ1) is 7.07. The van der Waals surface area contributed by atoms with Crippen molar-refractivity contribution in [2.75, 3.05) is 31.1 Å². The van der Waals surface area contributed by atoms with Crippen LogP contribution in [0.15, 0.2) is 0 Å². The van der Waals surface area contributed by atoms with Crippen LogP contribution in [0.4, 0.5) is 0 Å². The fraction of sp³-hybridized carbons (Fsp3) is 1.00. The van der Waals surface area contributed by atoms with Crippen molar-refractivity contribution in [3.05, 3.63) is 0 Å². The molecule has 0 aromatic heterocycles. The van der Waals surface area contributed by atoms with E-state index in [9.17, 15) is 0 Å². The van der Waals surface area contributed by atoms with Crippen LogP contribution < -0.4 is 0 Å². The summed E-state index contributed by atoms with van der Waals surface area (Å²) < 4.78 is 0.450. The summed E-state index contributed by atoms with van der Waals surface area (Å²) in [7, 11) is 0. The lowest BCUT2D eigenvalue weighted by molar-refractivity contribution is 0.224. The summed E-state index contributed by atoms with van der Waals surface area (Å²) in [5.41, 5.74) is 0. The van der Waals surface area contributed by atoms with Gasteiger partial charge in [0.05, 0.1) is 0 Å². The summed E-state index contributed by atoms with van der Waals surface area (Å²) in [5.74, 6) is 3.12. The number of rotatable bonds is 5. The molecule has 1 aliphatic heterocycles. The lowest BCUT2D eigenvalue weighted by Gasteiger charge is -2.39. The summed E-state index contributed by atoms with van der Waals surface area (Å²) in [6.07, 6.45) is 2.62. The van der Waals surface area contributed by atoms with E-state index in [1.54, 1.807) is 0 Å². The van der Waals surface area contributed by atoms with Crippen molar-refractivity contribution < 1.29 is 0 Å². The third-order valence-electron chi connectivity index (χ3n) is 2.98. The molecule has 0 radical (unpaired) electrons. The zero-order valence-electron chi connectivity index (χ0n) is 10.3. The maximum Gasteiger partial charge on any atom is 0.0231 e. The van der Waals surface area contributed by atoms with E-state index in [1.165, 1.54) is 38.2 Å². The minimum atomic E-state index is 0.450. The number of hydrogen-bond acceptors (Lipinski definition) is 3. The van der Waals surface area contributed by atoms with E-state index in [2.05, 4.69) is 50.1 Å². The minimum Gasteiger partial charge on any atom is -0.301 e. The quantitative estimate of drug-likeness (QED) is 0.744. The Morgan fingerprint density at radius 3 is 2.73 bits per heavy atom. The van der Waals surface area contributed by atoms with E-state index in [0.717, 1.165) is 11.7 Å². The smallest absolute Gasteiger partial charge is 0.0231 e. The Bertz CT molecular complexity index is 182. The van der Waals surface area contributed by atoms with Gasteiger partial charge in [0, 0.05) is 30.1 Å². The lowest BCUT2D eigenvalue weighted by Crippen LogP contribution is -2.45. The van der Waals surface area contributed by atoms with Gasteiger partial charge >= 0.3 is 0 Å². The molecule has 0 N–H and O–H groups in total. The van der Waals surface area contributed by atoms with Gasteiger partial charge in [-0.2, -0.15) is 24.4 Å². The van der Waals surface area contributed by atoms with E-state index in [-0.39, 0.29) is 0 Å². The molecule has 3 heteroatoms. The van der Waals surface area contributed by atoms with Gasteiger partial charge < -0.3 is 4.90 Å². The Kier molecular flexibility index (Phi) is 5.86. The fourth-order valence-corrected chi connectivity index (χ4v) is 3.76. The van der Waals surface area contributed by atoms with Crippen LogP contribution in [0.2, 0.25) is 0 Å². The van der Waals surface area contributed by atoms with Crippen molar-refractivity contribution in [3.8, 4) is 0 Å². The molecule has 0 spiro atoms. The first-order valence-electron chi connectivity index (χ1n) is 6.04. The summed E-state index contributed by atoms with van der Waals surface area (Å²) in [6, 6.07) is 0. The van der Waals surface area contributed by atoms with Crippen LogP contribution in [-0.2, 0) is 0 Å². The molecule has 15 heavy (non-hydrogen) atoms. The van der Waals surface area contributed by atoms with Crippen LogP contribution in [0.5, 0.6) is 0 Å². The van der Waals surface area contributed by atoms with Crippen LogP contribution in [0, 0.1) is 5.92 Å². The summed E-state index contributed by atoms with van der Waals surface area (Å²) in [6.45, 7) is 10.8. The van der Waals surface area contributed by atoms with Crippen LogP contribution in [-0.4, -0.2) is 40.8 Å². The summed E-state index contributed by atoms with van der Waals surface area (Å²) in [5, 5.41) is 0. The third-order valence-corrected chi connectivity index (χ3v) is 4.79. The molecular formula is C12H25NS2. The van der Waals surface area contributed by atoms with E-state index in [0.29, 0.717) is 4.75 Å². The normalized spacial score (nSPS) is 24.0. The minimum absolute atomic E-state index is 0.450. The van der Waals surface area contributed by atoms with Gasteiger partial charge in [0.15, 0.2) is 0 Å². The fourth-order valence-electron chi connectivity index (χ4n) is 2.28. The molecule has 1 heterocycles. The zero-order chi connectivity index (χ0) is 11.3.